The first-order valence-electron chi connectivity index (χ1n) is 7.72. The largest absolute Gasteiger partial charge is 0.417 e. The molecule has 2 amide bonds. The third kappa shape index (κ3) is 4.68. The van der Waals surface area contributed by atoms with Crippen molar-refractivity contribution >= 4 is 22.7 Å². The van der Waals surface area contributed by atoms with Gasteiger partial charge in [-0.2, -0.15) is 13.2 Å². The summed E-state index contributed by atoms with van der Waals surface area (Å²) in [5.41, 5.74) is -1.43. The summed E-state index contributed by atoms with van der Waals surface area (Å²) in [6.45, 7) is 3.50. The van der Waals surface area contributed by atoms with Crippen molar-refractivity contribution in [3.8, 4) is 0 Å². The van der Waals surface area contributed by atoms with Crippen LogP contribution < -0.4 is 10.6 Å². The van der Waals surface area contributed by atoms with E-state index in [2.05, 4.69) is 15.6 Å². The molecule has 0 radical (unpaired) electrons. The Morgan fingerprint density at radius 1 is 1.20 bits per heavy atom. The van der Waals surface area contributed by atoms with Crippen molar-refractivity contribution < 1.29 is 22.8 Å². The third-order valence-corrected chi connectivity index (χ3v) is 3.39. The van der Waals surface area contributed by atoms with Crippen LogP contribution in [-0.2, 0) is 11.0 Å². The first-order chi connectivity index (χ1) is 11.7. The molecule has 5 nitrogen and oxygen atoms in total. The molecule has 2 aromatic rings. The number of fused-ring (bicyclic) bond motifs is 1. The minimum Gasteiger partial charge on any atom is -0.354 e. The molecule has 1 aromatic heterocycles. The summed E-state index contributed by atoms with van der Waals surface area (Å²) in [4.78, 5) is 27.6. The first-order valence-corrected chi connectivity index (χ1v) is 7.72. The van der Waals surface area contributed by atoms with Crippen molar-refractivity contribution in [2.75, 3.05) is 6.54 Å². The van der Waals surface area contributed by atoms with Crippen LogP contribution in [-0.4, -0.2) is 29.4 Å². The van der Waals surface area contributed by atoms with Gasteiger partial charge in [0.15, 0.2) is 0 Å². The Labute approximate surface area is 142 Å². The van der Waals surface area contributed by atoms with Gasteiger partial charge in [0.05, 0.1) is 16.6 Å². The Hall–Kier alpha value is -2.64. The highest BCUT2D eigenvalue weighted by molar-refractivity contribution is 6.00. The van der Waals surface area contributed by atoms with E-state index < -0.39 is 23.2 Å². The summed E-state index contributed by atoms with van der Waals surface area (Å²) in [7, 11) is 0. The van der Waals surface area contributed by atoms with Gasteiger partial charge in [-0.1, -0.05) is 18.2 Å². The summed E-state index contributed by atoms with van der Waals surface area (Å²) in [5, 5.41) is 4.84. The number of carbonyl (C=O) groups is 2. The van der Waals surface area contributed by atoms with Crippen LogP contribution in [0, 0.1) is 0 Å². The van der Waals surface area contributed by atoms with Gasteiger partial charge in [0, 0.05) is 30.6 Å². The summed E-state index contributed by atoms with van der Waals surface area (Å²) >= 11 is 0. The van der Waals surface area contributed by atoms with Crippen molar-refractivity contribution in [2.45, 2.75) is 32.5 Å². The van der Waals surface area contributed by atoms with E-state index >= 15 is 0 Å². The van der Waals surface area contributed by atoms with Crippen molar-refractivity contribution in [3.05, 3.63) is 41.6 Å². The van der Waals surface area contributed by atoms with Crippen molar-refractivity contribution in [2.24, 2.45) is 0 Å². The molecule has 2 rings (SSSR count). The minimum absolute atomic E-state index is 0.0215. The van der Waals surface area contributed by atoms with Gasteiger partial charge in [0.1, 0.15) is 0 Å². The zero-order valence-electron chi connectivity index (χ0n) is 13.8. The van der Waals surface area contributed by atoms with Gasteiger partial charge in [-0.25, -0.2) is 0 Å². The maximum Gasteiger partial charge on any atom is 0.417 e. The van der Waals surface area contributed by atoms with E-state index in [0.29, 0.717) is 0 Å². The average Bonchev–Trinajstić information content (AvgIpc) is 2.51. The molecule has 0 bridgehead atoms. The zero-order valence-corrected chi connectivity index (χ0v) is 13.8. The Morgan fingerprint density at radius 3 is 2.52 bits per heavy atom. The first kappa shape index (κ1) is 18.7. The van der Waals surface area contributed by atoms with E-state index in [-0.39, 0.29) is 35.8 Å². The number of pyridine rings is 1. The van der Waals surface area contributed by atoms with Crippen molar-refractivity contribution in [1.29, 1.82) is 0 Å². The maximum atomic E-state index is 13.5. The number of aromatic nitrogens is 1. The number of benzene rings is 1. The Bertz CT molecular complexity index is 788. The smallest absolute Gasteiger partial charge is 0.354 e. The van der Waals surface area contributed by atoms with Gasteiger partial charge >= 0.3 is 6.18 Å². The number of hydrogen-bond acceptors (Lipinski definition) is 3. The number of amides is 2. The van der Waals surface area contributed by atoms with Crippen LogP contribution in [0.25, 0.3) is 10.9 Å². The number of alkyl halides is 3. The van der Waals surface area contributed by atoms with Crippen LogP contribution >= 0.6 is 0 Å². The highest BCUT2D eigenvalue weighted by atomic mass is 19.4. The fraction of sp³-hybridized carbons (Fsp3) is 0.353. The number of nitrogens with one attached hydrogen (secondary N) is 2. The number of para-hydroxylation sites is 1. The van der Waals surface area contributed by atoms with E-state index in [1.807, 2.05) is 0 Å². The van der Waals surface area contributed by atoms with E-state index in [4.69, 9.17) is 0 Å². The lowest BCUT2D eigenvalue weighted by atomic mass is 10.0. The second kappa shape index (κ2) is 7.50. The van der Waals surface area contributed by atoms with Gasteiger partial charge in [0.25, 0.3) is 5.91 Å². The molecule has 0 saturated heterocycles. The maximum absolute atomic E-state index is 13.5. The molecule has 25 heavy (non-hydrogen) atoms. The predicted octanol–water partition coefficient (Wildman–Crippen LogP) is 2.90. The highest BCUT2D eigenvalue weighted by Gasteiger charge is 2.37. The molecule has 134 valence electrons. The second-order valence-electron chi connectivity index (χ2n) is 5.79. The van der Waals surface area contributed by atoms with E-state index in [9.17, 15) is 22.8 Å². The molecule has 0 saturated carbocycles. The molecular formula is C17H18F3N3O2. The molecule has 0 atom stereocenters. The minimum atomic E-state index is -4.70. The SMILES string of the molecule is CC(C)NC(=O)CCNC(=O)c1cnc2ccccc2c1C(F)(F)F. The molecule has 0 aliphatic heterocycles. The third-order valence-electron chi connectivity index (χ3n) is 3.39. The van der Waals surface area contributed by atoms with Gasteiger partial charge < -0.3 is 10.6 Å². The van der Waals surface area contributed by atoms with E-state index in [1.54, 1.807) is 19.9 Å². The van der Waals surface area contributed by atoms with Gasteiger partial charge in [-0.15, -0.1) is 0 Å². The Balaban J connectivity index is 2.22. The normalized spacial score (nSPS) is 11.6. The highest BCUT2D eigenvalue weighted by Crippen LogP contribution is 2.36. The summed E-state index contributed by atoms with van der Waals surface area (Å²) in [6, 6.07) is 5.70. The molecule has 1 heterocycles. The van der Waals surface area contributed by atoms with Crippen LogP contribution in [0.4, 0.5) is 13.2 Å². The average molecular weight is 353 g/mol. The number of hydrogen-bond donors (Lipinski definition) is 2. The topological polar surface area (TPSA) is 71.1 Å². The van der Waals surface area contributed by atoms with Crippen molar-refractivity contribution in [3.63, 3.8) is 0 Å². The Kier molecular flexibility index (Phi) is 5.61. The van der Waals surface area contributed by atoms with Crippen LogP contribution in [0.2, 0.25) is 0 Å². The van der Waals surface area contributed by atoms with Crippen LogP contribution in [0.15, 0.2) is 30.5 Å². The molecule has 2 N–H and O–H groups in total. The molecular weight excluding hydrogens is 335 g/mol. The fourth-order valence-corrected chi connectivity index (χ4v) is 2.40. The monoisotopic (exact) mass is 353 g/mol. The fourth-order valence-electron chi connectivity index (χ4n) is 2.40. The number of halogens is 3. The van der Waals surface area contributed by atoms with Crippen LogP contribution in [0.1, 0.15) is 36.2 Å². The zero-order chi connectivity index (χ0) is 18.6. The van der Waals surface area contributed by atoms with Gasteiger partial charge in [-0.05, 0) is 19.9 Å². The number of carbonyl (C=O) groups excluding carboxylic acids is 2. The second-order valence-corrected chi connectivity index (χ2v) is 5.79. The van der Waals surface area contributed by atoms with E-state index in [0.717, 1.165) is 6.20 Å². The lowest BCUT2D eigenvalue weighted by molar-refractivity contribution is -0.136. The summed E-state index contributed by atoms with van der Waals surface area (Å²) in [6.07, 6.45) is -3.81. The quantitative estimate of drug-likeness (QED) is 0.868. The van der Waals surface area contributed by atoms with Crippen LogP contribution in [0.3, 0.4) is 0 Å². The van der Waals surface area contributed by atoms with E-state index in [1.165, 1.54) is 18.2 Å². The predicted molar refractivity (Wildman–Crippen MR) is 87.0 cm³/mol. The van der Waals surface area contributed by atoms with Crippen molar-refractivity contribution in [1.82, 2.24) is 15.6 Å². The van der Waals surface area contributed by atoms with Gasteiger partial charge in [-0.3, -0.25) is 14.6 Å². The van der Waals surface area contributed by atoms with Crippen LogP contribution in [0.5, 0.6) is 0 Å². The molecule has 0 spiro atoms. The molecule has 0 unspecified atom stereocenters. The lowest BCUT2D eigenvalue weighted by Gasteiger charge is -2.15. The number of rotatable bonds is 5. The standard InChI is InChI=1S/C17H18F3N3O2/c1-10(2)23-14(24)7-8-21-16(25)12-9-22-13-6-4-3-5-11(13)15(12)17(18,19)20/h3-6,9-10H,7-8H2,1-2H3,(H,21,25)(H,23,24). The molecule has 0 aliphatic rings. The Morgan fingerprint density at radius 2 is 1.88 bits per heavy atom. The summed E-state index contributed by atoms with van der Waals surface area (Å²) in [5.74, 6) is -1.20. The molecule has 0 aliphatic carbocycles. The molecule has 0 fully saturated rings. The summed E-state index contributed by atoms with van der Waals surface area (Å²) < 4.78 is 40.4. The lowest BCUT2D eigenvalue weighted by Crippen LogP contribution is -2.34. The van der Waals surface area contributed by atoms with Gasteiger partial charge in [0.2, 0.25) is 5.91 Å². The molecule has 8 heteroatoms. The molecule has 1 aromatic carbocycles. The number of nitrogens with zero attached hydrogens (tertiary/aromatic N) is 1.